The van der Waals surface area contributed by atoms with Crippen LogP contribution in [-0.2, 0) is 0 Å². The Morgan fingerprint density at radius 3 is 0.351 bits per heavy atom. The van der Waals surface area contributed by atoms with Crippen molar-refractivity contribution in [2.45, 2.75) is 280 Å². The summed E-state index contributed by atoms with van der Waals surface area (Å²) in [6, 6.07) is 0. The van der Waals surface area contributed by atoms with Crippen LogP contribution in [0.2, 0.25) is 0 Å². The van der Waals surface area contributed by atoms with Crippen LogP contribution in [0.4, 0.5) is 0 Å². The summed E-state index contributed by atoms with van der Waals surface area (Å²) in [5.41, 5.74) is 3.68. The maximum absolute atomic E-state index is 2.27. The summed E-state index contributed by atoms with van der Waals surface area (Å²) in [5.74, 6) is 0. The Kier molecular flexibility index (Phi) is 54.3. The predicted molar refractivity (Wildman–Crippen MR) is 281 cm³/mol. The van der Waals surface area contributed by atoms with Crippen molar-refractivity contribution in [1.29, 1.82) is 0 Å². The molecule has 0 nitrogen and oxygen atoms in total. The largest absolute Gasteiger partial charge is 0.0911 e. The van der Waals surface area contributed by atoms with Gasteiger partial charge < -0.3 is 0 Å². The van der Waals surface area contributed by atoms with Crippen LogP contribution in [-0.4, -0.2) is 0 Å². The fourth-order valence-corrected chi connectivity index (χ4v) is 5.00. The van der Waals surface area contributed by atoms with E-state index < -0.39 is 0 Å². The Labute approximate surface area is 370 Å². The molecule has 0 radical (unpaired) electrons. The van der Waals surface area contributed by atoms with Crippen molar-refractivity contribution in [3.63, 3.8) is 0 Å². The molecule has 0 N–H and O–H groups in total. The summed E-state index contributed by atoms with van der Waals surface area (Å²) in [6.07, 6.45) is 27.7. The van der Waals surface area contributed by atoms with Crippen molar-refractivity contribution < 1.29 is 0 Å². The molecule has 352 valence electrons. The normalized spacial score (nSPS) is 12.4. The van der Waals surface area contributed by atoms with Crippen LogP contribution in [0.5, 0.6) is 0 Å². The molecule has 0 saturated heterocycles. The Bertz CT molecular complexity index is 706. The molecule has 0 atom stereocenters. The molecule has 0 aliphatic carbocycles. The lowest BCUT2D eigenvalue weighted by molar-refractivity contribution is 0.373. The van der Waals surface area contributed by atoms with Gasteiger partial charge in [0.1, 0.15) is 0 Å². The number of rotatable bonds is 4. The molecule has 0 heterocycles. The second-order valence-electron chi connectivity index (χ2n) is 24.7. The molecule has 0 amide bonds. The highest BCUT2D eigenvalue weighted by Gasteiger charge is 2.08. The lowest BCUT2D eigenvalue weighted by Gasteiger charge is -2.15. The zero-order chi connectivity index (χ0) is 47.3. The van der Waals surface area contributed by atoms with E-state index in [2.05, 4.69) is 242 Å². The van der Waals surface area contributed by atoms with E-state index in [9.17, 15) is 0 Å². The molecule has 0 spiro atoms. The van der Waals surface area contributed by atoms with Crippen molar-refractivity contribution in [2.24, 2.45) is 43.3 Å². The third kappa shape index (κ3) is 161. The molecule has 0 rings (SSSR count). The summed E-state index contributed by atoms with van der Waals surface area (Å²) in [6.45, 7) is 70.6. The predicted octanol–water partition coefficient (Wildman–Crippen LogP) is 22.4. The van der Waals surface area contributed by atoms with Crippen LogP contribution in [0.15, 0.2) is 48.6 Å². The molecule has 0 saturated carbocycles. The van der Waals surface area contributed by atoms with Gasteiger partial charge in [-0.3, -0.25) is 0 Å². The number of allylic oxidation sites excluding steroid dienone is 8. The van der Waals surface area contributed by atoms with Gasteiger partial charge in [0.2, 0.25) is 0 Å². The van der Waals surface area contributed by atoms with Crippen LogP contribution < -0.4 is 0 Å². The fraction of sp³-hybridized carbons (Fsp3) is 0.860. The Morgan fingerprint density at radius 2 is 0.351 bits per heavy atom. The van der Waals surface area contributed by atoms with Crippen molar-refractivity contribution in [1.82, 2.24) is 0 Å². The standard InChI is InChI=1S/4C7H16.4C7H14.CH4/c8*1-5-6-7(2,3)4;/h4*5-6H2,1-4H3;4*5-6H,1-4H3;1H4/b;;;;4*6-5+;. The SMILES string of the molecule is C.C/C=C/C(C)(C)C.C/C=C/C(C)(C)C.C/C=C/C(C)(C)C.C/C=C/C(C)(C)C.CCCC(C)(C)C.CCCC(C)(C)C.CCCC(C)(C)C.CCCC(C)(C)C. The lowest BCUT2D eigenvalue weighted by atomic mass is 9.91. The van der Waals surface area contributed by atoms with E-state index in [-0.39, 0.29) is 7.43 Å². The molecule has 0 aromatic heterocycles. The zero-order valence-electron chi connectivity index (χ0n) is 46.3. The maximum Gasteiger partial charge on any atom is -0.0203 e. The van der Waals surface area contributed by atoms with Gasteiger partial charge in [-0.25, -0.2) is 0 Å². The fourth-order valence-electron chi connectivity index (χ4n) is 5.00. The van der Waals surface area contributed by atoms with Crippen molar-refractivity contribution in [3.8, 4) is 0 Å². The van der Waals surface area contributed by atoms with E-state index in [1.807, 2.05) is 27.7 Å². The molecular weight excluding hydrogens is 685 g/mol. The molecule has 0 aliphatic rings. The van der Waals surface area contributed by atoms with E-state index >= 15 is 0 Å². The minimum Gasteiger partial charge on any atom is -0.0911 e. The quantitative estimate of drug-likeness (QED) is 0.248. The van der Waals surface area contributed by atoms with E-state index in [0.717, 1.165) is 0 Å². The maximum atomic E-state index is 2.27. The summed E-state index contributed by atoms with van der Waals surface area (Å²) in [4.78, 5) is 0. The minimum absolute atomic E-state index is 0. The van der Waals surface area contributed by atoms with Gasteiger partial charge >= 0.3 is 0 Å². The third-order valence-corrected chi connectivity index (χ3v) is 6.67. The average Bonchev–Trinajstić information content (AvgIpc) is 2.86. The molecule has 0 heteroatoms. The lowest BCUT2D eigenvalue weighted by Crippen LogP contribution is -2.02. The van der Waals surface area contributed by atoms with Crippen LogP contribution >= 0.6 is 0 Å². The smallest absolute Gasteiger partial charge is 0.0203 e. The van der Waals surface area contributed by atoms with Gasteiger partial charge in [0, 0.05) is 0 Å². The Morgan fingerprint density at radius 1 is 0.246 bits per heavy atom. The first-order valence-corrected chi connectivity index (χ1v) is 23.0. The van der Waals surface area contributed by atoms with Gasteiger partial charge in [-0.15, -0.1) is 0 Å². The van der Waals surface area contributed by atoms with Crippen molar-refractivity contribution in [3.05, 3.63) is 48.6 Å². The van der Waals surface area contributed by atoms with Crippen LogP contribution in [0.25, 0.3) is 0 Å². The zero-order valence-corrected chi connectivity index (χ0v) is 46.3. The molecule has 0 aliphatic heterocycles. The monoisotopic (exact) mass is 809 g/mol. The molecule has 57 heavy (non-hydrogen) atoms. The van der Waals surface area contributed by atoms with Gasteiger partial charge in [0.15, 0.2) is 0 Å². The molecule has 0 fully saturated rings. The van der Waals surface area contributed by atoms with E-state index in [1.165, 1.54) is 51.4 Å². The number of hydrogen-bond acceptors (Lipinski definition) is 0. The molecule has 0 aromatic rings. The van der Waals surface area contributed by atoms with E-state index in [4.69, 9.17) is 0 Å². The molecule has 0 unspecified atom stereocenters. The van der Waals surface area contributed by atoms with Gasteiger partial charge in [-0.05, 0) is 96.7 Å². The molecule has 0 aromatic carbocycles. The first-order valence-electron chi connectivity index (χ1n) is 23.0. The number of hydrogen-bond donors (Lipinski definition) is 0. The van der Waals surface area contributed by atoms with Crippen molar-refractivity contribution in [2.75, 3.05) is 0 Å². The first-order chi connectivity index (χ1) is 24.5. The first kappa shape index (κ1) is 76.7. The highest BCUT2D eigenvalue weighted by molar-refractivity contribution is 4.90. The van der Waals surface area contributed by atoms with E-state index in [1.54, 1.807) is 0 Å². The van der Waals surface area contributed by atoms with Gasteiger partial charge in [0.05, 0.1) is 0 Å². The van der Waals surface area contributed by atoms with Crippen molar-refractivity contribution >= 4 is 0 Å². The summed E-state index contributed by atoms with van der Waals surface area (Å²) in [5, 5.41) is 0. The summed E-state index contributed by atoms with van der Waals surface area (Å²) < 4.78 is 0. The summed E-state index contributed by atoms with van der Waals surface area (Å²) in [7, 11) is 0. The molecular formula is C57H124. The average molecular weight is 810 g/mol. The van der Waals surface area contributed by atoms with Gasteiger partial charge in [-0.2, -0.15) is 0 Å². The topological polar surface area (TPSA) is 0 Å². The summed E-state index contributed by atoms with van der Waals surface area (Å²) >= 11 is 0. The minimum atomic E-state index is 0. The van der Waals surface area contributed by atoms with E-state index in [0.29, 0.717) is 43.3 Å². The Hall–Kier alpha value is -1.04. The Balaban J connectivity index is -0.0000000658. The van der Waals surface area contributed by atoms with Crippen LogP contribution in [0, 0.1) is 43.3 Å². The van der Waals surface area contributed by atoms with Crippen LogP contribution in [0.1, 0.15) is 280 Å². The van der Waals surface area contributed by atoms with Gasteiger partial charge in [-0.1, -0.05) is 276 Å². The highest BCUT2D eigenvalue weighted by Crippen LogP contribution is 2.21. The second-order valence-corrected chi connectivity index (χ2v) is 24.7. The highest BCUT2D eigenvalue weighted by atomic mass is 14.1. The van der Waals surface area contributed by atoms with Crippen LogP contribution in [0.3, 0.4) is 0 Å². The third-order valence-electron chi connectivity index (χ3n) is 6.67. The van der Waals surface area contributed by atoms with Gasteiger partial charge in [0.25, 0.3) is 0 Å². The second kappa shape index (κ2) is 40.4. The molecule has 0 bridgehead atoms.